The molecule has 1 amide bonds. The molecule has 0 aromatic heterocycles. The monoisotopic (exact) mass is 321 g/mol. The maximum atomic E-state index is 13.0. The van der Waals surface area contributed by atoms with Crippen molar-refractivity contribution < 1.29 is 19.1 Å². The van der Waals surface area contributed by atoms with Crippen LogP contribution in [0.15, 0.2) is 54.2 Å². The molecule has 0 unspecified atom stereocenters. The second kappa shape index (κ2) is 6.12. The van der Waals surface area contributed by atoms with E-state index < -0.39 is 5.91 Å². The van der Waals surface area contributed by atoms with Crippen molar-refractivity contribution in [3.63, 3.8) is 0 Å². The predicted octanol–water partition coefficient (Wildman–Crippen LogP) is 2.62. The molecule has 0 aliphatic heterocycles. The summed E-state index contributed by atoms with van der Waals surface area (Å²) >= 11 is 0. The molecule has 0 heterocycles. The van der Waals surface area contributed by atoms with Crippen LogP contribution in [0.2, 0.25) is 0 Å². The van der Waals surface area contributed by atoms with Crippen molar-refractivity contribution >= 4 is 23.0 Å². The van der Waals surface area contributed by atoms with Crippen molar-refractivity contribution in [3.05, 3.63) is 70.9 Å². The van der Waals surface area contributed by atoms with Gasteiger partial charge < -0.3 is 10.1 Å². The fourth-order valence-corrected chi connectivity index (χ4v) is 2.72. The van der Waals surface area contributed by atoms with Crippen LogP contribution >= 0.6 is 0 Å². The fraction of sp³-hybridized carbons (Fsp3) is 0.105. The summed E-state index contributed by atoms with van der Waals surface area (Å²) in [5.41, 5.74) is 1.31. The van der Waals surface area contributed by atoms with E-state index in [0.717, 1.165) is 0 Å². The molecule has 1 aliphatic carbocycles. The Kier molecular flexibility index (Phi) is 4.00. The zero-order valence-electron chi connectivity index (χ0n) is 13.3. The molecule has 2 aromatic carbocycles. The Labute approximate surface area is 138 Å². The molecule has 1 aliphatic rings. The van der Waals surface area contributed by atoms with Crippen LogP contribution in [-0.4, -0.2) is 24.6 Å². The minimum Gasteiger partial charge on any atom is -0.497 e. The lowest BCUT2D eigenvalue weighted by atomic mass is 9.84. The Balaban J connectivity index is 2.26. The van der Waals surface area contributed by atoms with Gasteiger partial charge in [0.1, 0.15) is 11.4 Å². The molecule has 0 atom stereocenters. The van der Waals surface area contributed by atoms with Gasteiger partial charge in [0, 0.05) is 18.1 Å². The molecule has 5 heteroatoms. The zero-order valence-corrected chi connectivity index (χ0v) is 13.3. The molecule has 0 saturated carbocycles. The Bertz CT molecular complexity index is 896. The Morgan fingerprint density at radius 3 is 2.25 bits per heavy atom. The smallest absolute Gasteiger partial charge is 0.221 e. The summed E-state index contributed by atoms with van der Waals surface area (Å²) in [6, 6.07) is 13.4. The van der Waals surface area contributed by atoms with E-state index in [9.17, 15) is 14.4 Å². The Hall–Kier alpha value is -3.21. The van der Waals surface area contributed by atoms with E-state index in [1.807, 2.05) is 0 Å². The van der Waals surface area contributed by atoms with Crippen LogP contribution in [0.3, 0.4) is 0 Å². The zero-order chi connectivity index (χ0) is 17.3. The van der Waals surface area contributed by atoms with Crippen LogP contribution in [0.1, 0.15) is 33.2 Å². The SMILES string of the molecule is COc1cccc(C2=C(NC(C)=O)C(=O)c3ccccc3C2=O)c1. The summed E-state index contributed by atoms with van der Waals surface area (Å²) in [6.45, 7) is 1.30. The van der Waals surface area contributed by atoms with Gasteiger partial charge in [0.2, 0.25) is 11.7 Å². The van der Waals surface area contributed by atoms with Gasteiger partial charge in [-0.25, -0.2) is 0 Å². The number of nitrogens with one attached hydrogen (secondary N) is 1. The largest absolute Gasteiger partial charge is 0.497 e. The molecule has 5 nitrogen and oxygen atoms in total. The maximum Gasteiger partial charge on any atom is 0.221 e. The maximum absolute atomic E-state index is 13.0. The van der Waals surface area contributed by atoms with Crippen LogP contribution in [0.4, 0.5) is 0 Å². The number of hydrogen-bond donors (Lipinski definition) is 1. The molecule has 0 saturated heterocycles. The summed E-state index contributed by atoms with van der Waals surface area (Å²) in [4.78, 5) is 37.3. The molecule has 3 rings (SSSR count). The molecule has 24 heavy (non-hydrogen) atoms. The van der Waals surface area contributed by atoms with Gasteiger partial charge in [0.05, 0.1) is 12.7 Å². The topological polar surface area (TPSA) is 72.5 Å². The number of Topliss-reactive ketones (excluding diaryl/α,β-unsaturated/α-hetero) is 2. The van der Waals surface area contributed by atoms with Gasteiger partial charge in [-0.3, -0.25) is 14.4 Å². The van der Waals surface area contributed by atoms with Crippen LogP contribution in [0, 0.1) is 0 Å². The van der Waals surface area contributed by atoms with Gasteiger partial charge >= 0.3 is 0 Å². The number of benzene rings is 2. The van der Waals surface area contributed by atoms with Crippen molar-refractivity contribution in [3.8, 4) is 5.75 Å². The van der Waals surface area contributed by atoms with Gasteiger partial charge in [0.25, 0.3) is 0 Å². The molecule has 120 valence electrons. The van der Waals surface area contributed by atoms with E-state index in [2.05, 4.69) is 5.32 Å². The molecule has 0 radical (unpaired) electrons. The van der Waals surface area contributed by atoms with E-state index in [0.29, 0.717) is 16.9 Å². The quantitative estimate of drug-likeness (QED) is 0.943. The lowest BCUT2D eigenvalue weighted by Gasteiger charge is -2.21. The first-order valence-electron chi connectivity index (χ1n) is 7.37. The molecule has 0 spiro atoms. The van der Waals surface area contributed by atoms with E-state index in [4.69, 9.17) is 4.74 Å². The number of rotatable bonds is 3. The van der Waals surface area contributed by atoms with Crippen LogP contribution in [-0.2, 0) is 4.79 Å². The number of carbonyl (C=O) groups is 3. The van der Waals surface area contributed by atoms with Crippen molar-refractivity contribution in [2.24, 2.45) is 0 Å². The summed E-state index contributed by atoms with van der Waals surface area (Å²) in [6.07, 6.45) is 0. The third-order valence-corrected chi connectivity index (χ3v) is 3.78. The van der Waals surface area contributed by atoms with Gasteiger partial charge in [0.15, 0.2) is 5.78 Å². The number of methoxy groups -OCH3 is 1. The molecular weight excluding hydrogens is 306 g/mol. The number of amides is 1. The minimum atomic E-state index is -0.411. The van der Waals surface area contributed by atoms with Crippen molar-refractivity contribution in [1.29, 1.82) is 0 Å². The summed E-state index contributed by atoms with van der Waals surface area (Å²) < 4.78 is 5.19. The highest BCUT2D eigenvalue weighted by Crippen LogP contribution is 2.32. The average Bonchev–Trinajstić information content (AvgIpc) is 2.59. The first kappa shape index (κ1) is 15.7. The molecule has 0 bridgehead atoms. The second-order valence-electron chi connectivity index (χ2n) is 5.37. The number of hydrogen-bond acceptors (Lipinski definition) is 4. The van der Waals surface area contributed by atoms with E-state index >= 15 is 0 Å². The van der Waals surface area contributed by atoms with Gasteiger partial charge in [-0.05, 0) is 17.7 Å². The minimum absolute atomic E-state index is 0.000506. The lowest BCUT2D eigenvalue weighted by Crippen LogP contribution is -2.32. The molecule has 0 fully saturated rings. The number of fused-ring (bicyclic) bond motifs is 1. The van der Waals surface area contributed by atoms with Crippen LogP contribution in [0.25, 0.3) is 5.57 Å². The molecule has 2 aromatic rings. The number of ether oxygens (including phenoxy) is 1. The highest BCUT2D eigenvalue weighted by atomic mass is 16.5. The molecule has 1 N–H and O–H groups in total. The first-order valence-corrected chi connectivity index (χ1v) is 7.37. The normalized spacial score (nSPS) is 13.6. The summed E-state index contributed by atoms with van der Waals surface area (Å²) in [5.74, 6) is -0.535. The average molecular weight is 321 g/mol. The van der Waals surface area contributed by atoms with Gasteiger partial charge in [-0.2, -0.15) is 0 Å². The van der Waals surface area contributed by atoms with E-state index in [1.54, 1.807) is 48.5 Å². The van der Waals surface area contributed by atoms with Crippen molar-refractivity contribution in [2.75, 3.05) is 7.11 Å². The summed E-state index contributed by atoms with van der Waals surface area (Å²) in [5, 5.41) is 2.52. The first-order chi connectivity index (χ1) is 11.5. The molecular formula is C19H15NO4. The summed E-state index contributed by atoms with van der Waals surface area (Å²) in [7, 11) is 1.52. The van der Waals surface area contributed by atoms with E-state index in [-0.39, 0.29) is 28.4 Å². The third-order valence-electron chi connectivity index (χ3n) is 3.78. The standard InChI is InChI=1S/C19H15NO4/c1-11(21)20-17-16(12-6-5-7-13(10-12)24-2)18(22)14-8-3-4-9-15(14)19(17)23/h3-10H,1-2H3,(H,20,21). The number of ketones is 2. The second-order valence-corrected chi connectivity index (χ2v) is 5.37. The van der Waals surface area contributed by atoms with Crippen LogP contribution in [0.5, 0.6) is 5.75 Å². The van der Waals surface area contributed by atoms with Gasteiger partial charge in [-0.1, -0.05) is 36.4 Å². The Morgan fingerprint density at radius 2 is 1.62 bits per heavy atom. The highest BCUT2D eigenvalue weighted by molar-refractivity contribution is 6.40. The van der Waals surface area contributed by atoms with Crippen LogP contribution < -0.4 is 10.1 Å². The lowest BCUT2D eigenvalue weighted by molar-refractivity contribution is -0.118. The highest BCUT2D eigenvalue weighted by Gasteiger charge is 2.33. The number of allylic oxidation sites excluding steroid dienone is 2. The third kappa shape index (κ3) is 2.60. The van der Waals surface area contributed by atoms with Crippen molar-refractivity contribution in [1.82, 2.24) is 5.32 Å². The number of carbonyl (C=O) groups excluding carboxylic acids is 3. The Morgan fingerprint density at radius 1 is 0.958 bits per heavy atom. The van der Waals surface area contributed by atoms with Crippen molar-refractivity contribution in [2.45, 2.75) is 6.92 Å². The van der Waals surface area contributed by atoms with Gasteiger partial charge in [-0.15, -0.1) is 0 Å². The fourth-order valence-electron chi connectivity index (χ4n) is 2.72. The predicted molar refractivity (Wildman–Crippen MR) is 88.8 cm³/mol. The van der Waals surface area contributed by atoms with E-state index in [1.165, 1.54) is 14.0 Å².